The number of hydrogen-bond donors (Lipinski definition) is 1. The molecule has 0 bridgehead atoms. The molecule has 218 valence electrons. The summed E-state index contributed by atoms with van der Waals surface area (Å²) in [5.74, 6) is 2.13. The molecule has 1 fully saturated rings. The van der Waals surface area contributed by atoms with Crippen molar-refractivity contribution in [2.75, 3.05) is 13.1 Å². The molecule has 3 aromatic heterocycles. The van der Waals surface area contributed by atoms with Crippen LogP contribution in [0.5, 0.6) is 0 Å². The van der Waals surface area contributed by atoms with Gasteiger partial charge in [0.15, 0.2) is 0 Å². The van der Waals surface area contributed by atoms with Crippen LogP contribution in [-0.4, -0.2) is 49.1 Å². The van der Waals surface area contributed by atoms with Crippen LogP contribution >= 0.6 is 0 Å². The SMILES string of the molecule is Cc1ccc(Cn2c(=O)c3ccccc3n3c(CCC(=O)NCCCN(Cc4ccco4)C4CCCC4)nnc23)cc1. The smallest absolute Gasteiger partial charge is 0.263 e. The van der Waals surface area contributed by atoms with Crippen LogP contribution in [0.3, 0.4) is 0 Å². The van der Waals surface area contributed by atoms with Crippen LogP contribution in [0.2, 0.25) is 0 Å². The first-order valence-corrected chi connectivity index (χ1v) is 15.0. The quantitative estimate of drug-likeness (QED) is 0.216. The van der Waals surface area contributed by atoms with E-state index < -0.39 is 0 Å². The fourth-order valence-corrected chi connectivity index (χ4v) is 6.08. The lowest BCUT2D eigenvalue weighted by Crippen LogP contribution is -2.35. The minimum Gasteiger partial charge on any atom is -0.468 e. The van der Waals surface area contributed by atoms with E-state index in [9.17, 15) is 9.59 Å². The van der Waals surface area contributed by atoms with Gasteiger partial charge in [-0.15, -0.1) is 10.2 Å². The zero-order chi connectivity index (χ0) is 28.9. The van der Waals surface area contributed by atoms with Gasteiger partial charge >= 0.3 is 0 Å². The minimum absolute atomic E-state index is 0.0116. The lowest BCUT2D eigenvalue weighted by molar-refractivity contribution is -0.121. The second kappa shape index (κ2) is 12.7. The Morgan fingerprint density at radius 1 is 1.05 bits per heavy atom. The standard InChI is InChI=1S/C33H38N6O3/c1-24-13-15-25(16-14-24)22-38-32(41)28-11-4-5-12-29(28)39-30(35-36-33(38)39)17-18-31(40)34-19-7-20-37(26-8-2-3-9-26)23-27-10-6-21-42-27/h4-6,10-16,21,26H,2-3,7-9,17-20,22-23H2,1H3,(H,34,40). The van der Waals surface area contributed by atoms with Crippen molar-refractivity contribution in [2.45, 2.75) is 71.0 Å². The highest BCUT2D eigenvalue weighted by atomic mass is 16.3. The molecule has 0 spiro atoms. The van der Waals surface area contributed by atoms with Gasteiger partial charge in [0.05, 0.1) is 30.3 Å². The number of carbonyl (C=O) groups is 1. The number of para-hydroxylation sites is 1. The van der Waals surface area contributed by atoms with Crippen molar-refractivity contribution in [1.82, 2.24) is 29.4 Å². The van der Waals surface area contributed by atoms with Crippen LogP contribution in [0.15, 0.2) is 76.1 Å². The van der Waals surface area contributed by atoms with E-state index in [4.69, 9.17) is 4.42 Å². The molecule has 1 amide bonds. The second-order valence-electron chi connectivity index (χ2n) is 11.3. The molecule has 5 aromatic rings. The summed E-state index contributed by atoms with van der Waals surface area (Å²) in [6, 6.07) is 20.2. The molecular formula is C33H38N6O3. The van der Waals surface area contributed by atoms with Crippen LogP contribution in [0.1, 0.15) is 61.2 Å². The van der Waals surface area contributed by atoms with Gasteiger partial charge < -0.3 is 9.73 Å². The maximum Gasteiger partial charge on any atom is 0.263 e. The predicted octanol–water partition coefficient (Wildman–Crippen LogP) is 4.88. The van der Waals surface area contributed by atoms with Crippen LogP contribution in [0.25, 0.3) is 16.7 Å². The Hall–Kier alpha value is -4.24. The summed E-state index contributed by atoms with van der Waals surface area (Å²) >= 11 is 0. The first-order valence-electron chi connectivity index (χ1n) is 15.0. The average molecular weight is 567 g/mol. The lowest BCUT2D eigenvalue weighted by atomic mass is 10.1. The topological polar surface area (TPSA) is 97.7 Å². The highest BCUT2D eigenvalue weighted by molar-refractivity contribution is 5.80. The molecule has 6 rings (SSSR count). The summed E-state index contributed by atoms with van der Waals surface area (Å²) in [6.07, 6.45) is 8.35. The number of fused-ring (bicyclic) bond motifs is 3. The van der Waals surface area contributed by atoms with E-state index in [1.807, 2.05) is 72.0 Å². The summed E-state index contributed by atoms with van der Waals surface area (Å²) in [6.45, 7) is 4.79. The molecule has 0 atom stereocenters. The number of amides is 1. The number of aromatic nitrogens is 4. The normalized spacial score (nSPS) is 14.0. The number of aryl methyl sites for hydroxylation is 2. The Balaban J connectivity index is 1.11. The molecule has 9 nitrogen and oxygen atoms in total. The fourth-order valence-electron chi connectivity index (χ4n) is 6.08. The van der Waals surface area contributed by atoms with Gasteiger partial charge in [0.1, 0.15) is 11.6 Å². The number of furan rings is 1. The number of nitrogens with zero attached hydrogens (tertiary/aromatic N) is 5. The van der Waals surface area contributed by atoms with Gasteiger partial charge in [0, 0.05) is 32.0 Å². The number of carbonyl (C=O) groups excluding carboxylic acids is 1. The van der Waals surface area contributed by atoms with Crippen molar-refractivity contribution >= 4 is 22.6 Å². The summed E-state index contributed by atoms with van der Waals surface area (Å²) in [4.78, 5) is 28.8. The van der Waals surface area contributed by atoms with Crippen LogP contribution in [0.4, 0.5) is 0 Å². The Morgan fingerprint density at radius 3 is 2.64 bits per heavy atom. The predicted molar refractivity (Wildman–Crippen MR) is 162 cm³/mol. The molecule has 1 aliphatic rings. The molecule has 9 heteroatoms. The summed E-state index contributed by atoms with van der Waals surface area (Å²) in [5.41, 5.74) is 2.83. The third-order valence-corrected chi connectivity index (χ3v) is 8.34. The maximum atomic E-state index is 13.5. The third kappa shape index (κ3) is 6.16. The number of rotatable bonds is 12. The summed E-state index contributed by atoms with van der Waals surface area (Å²) < 4.78 is 9.19. The summed E-state index contributed by atoms with van der Waals surface area (Å²) in [7, 11) is 0. The third-order valence-electron chi connectivity index (χ3n) is 8.34. The largest absolute Gasteiger partial charge is 0.468 e. The number of nitrogens with one attached hydrogen (secondary N) is 1. The Kier molecular flexibility index (Phi) is 8.46. The first-order chi connectivity index (χ1) is 20.6. The maximum absolute atomic E-state index is 13.5. The lowest BCUT2D eigenvalue weighted by Gasteiger charge is -2.28. The number of hydrogen-bond acceptors (Lipinski definition) is 6. The van der Waals surface area contributed by atoms with Gasteiger partial charge in [-0.05, 0) is 56.0 Å². The molecule has 3 heterocycles. The molecular weight excluding hydrogens is 528 g/mol. The van der Waals surface area contributed by atoms with E-state index in [1.54, 1.807) is 10.8 Å². The van der Waals surface area contributed by atoms with Gasteiger partial charge in [-0.3, -0.25) is 23.5 Å². The van der Waals surface area contributed by atoms with E-state index in [0.717, 1.165) is 41.9 Å². The van der Waals surface area contributed by atoms with Crippen LogP contribution in [-0.2, 0) is 24.3 Å². The van der Waals surface area contributed by atoms with Crippen molar-refractivity contribution in [1.29, 1.82) is 0 Å². The molecule has 0 aliphatic heterocycles. The zero-order valence-corrected chi connectivity index (χ0v) is 24.2. The van der Waals surface area contributed by atoms with E-state index in [0.29, 0.717) is 49.0 Å². The monoisotopic (exact) mass is 566 g/mol. The van der Waals surface area contributed by atoms with E-state index in [2.05, 4.69) is 20.4 Å². The van der Waals surface area contributed by atoms with Crippen LogP contribution in [0, 0.1) is 6.92 Å². The van der Waals surface area contributed by atoms with Gasteiger partial charge in [0.2, 0.25) is 11.7 Å². The van der Waals surface area contributed by atoms with Gasteiger partial charge in [0.25, 0.3) is 5.56 Å². The van der Waals surface area contributed by atoms with Crippen molar-refractivity contribution in [2.24, 2.45) is 0 Å². The molecule has 0 unspecified atom stereocenters. The Morgan fingerprint density at radius 2 is 1.86 bits per heavy atom. The van der Waals surface area contributed by atoms with Crippen molar-refractivity contribution in [3.8, 4) is 0 Å². The summed E-state index contributed by atoms with van der Waals surface area (Å²) in [5, 5.41) is 12.5. The fraction of sp³-hybridized carbons (Fsp3) is 0.394. The van der Waals surface area contributed by atoms with Gasteiger partial charge in [-0.1, -0.05) is 54.8 Å². The van der Waals surface area contributed by atoms with Crippen molar-refractivity contribution < 1.29 is 9.21 Å². The second-order valence-corrected chi connectivity index (χ2v) is 11.3. The molecule has 1 N–H and O–H groups in total. The van der Waals surface area contributed by atoms with Gasteiger partial charge in [-0.25, -0.2) is 0 Å². The van der Waals surface area contributed by atoms with E-state index in [-0.39, 0.29) is 11.5 Å². The molecule has 1 saturated carbocycles. The highest BCUT2D eigenvalue weighted by Crippen LogP contribution is 2.25. The first kappa shape index (κ1) is 27.9. The number of benzene rings is 2. The molecule has 0 radical (unpaired) electrons. The minimum atomic E-state index is -0.103. The van der Waals surface area contributed by atoms with Crippen molar-refractivity contribution in [3.05, 3.63) is 100.0 Å². The van der Waals surface area contributed by atoms with Gasteiger partial charge in [-0.2, -0.15) is 0 Å². The van der Waals surface area contributed by atoms with Crippen LogP contribution < -0.4 is 10.9 Å². The van der Waals surface area contributed by atoms with E-state index >= 15 is 0 Å². The zero-order valence-electron chi connectivity index (χ0n) is 24.2. The molecule has 2 aromatic carbocycles. The van der Waals surface area contributed by atoms with Crippen molar-refractivity contribution in [3.63, 3.8) is 0 Å². The molecule has 0 saturated heterocycles. The Labute approximate surface area is 245 Å². The molecule has 42 heavy (non-hydrogen) atoms. The Bertz CT molecular complexity index is 1700. The molecule has 1 aliphatic carbocycles. The average Bonchev–Trinajstić information content (AvgIpc) is 3.80. The van der Waals surface area contributed by atoms with E-state index in [1.165, 1.54) is 25.7 Å². The highest BCUT2D eigenvalue weighted by Gasteiger charge is 2.23.